The van der Waals surface area contributed by atoms with Gasteiger partial charge < -0.3 is 16.4 Å². The van der Waals surface area contributed by atoms with E-state index < -0.39 is 0 Å². The van der Waals surface area contributed by atoms with Gasteiger partial charge in [-0.1, -0.05) is 29.8 Å². The Hall–Kier alpha value is -2.20. The Morgan fingerprint density at radius 2 is 1.89 bits per heavy atom. The summed E-state index contributed by atoms with van der Waals surface area (Å²) in [6, 6.07) is 14.0. The molecule has 0 fully saturated rings. The lowest BCUT2D eigenvalue weighted by Gasteiger charge is -2.08. The number of rotatable bonds is 3. The molecule has 2 aromatic carbocycles. The second kappa shape index (κ2) is 6.11. The maximum Gasteiger partial charge on any atom is 0.319 e. The largest absolute Gasteiger partial charge is 0.399 e. The molecule has 2 aromatic rings. The van der Waals surface area contributed by atoms with Gasteiger partial charge in [-0.3, -0.25) is 0 Å². The van der Waals surface area contributed by atoms with Crippen LogP contribution in [0.3, 0.4) is 0 Å². The van der Waals surface area contributed by atoms with Gasteiger partial charge in [-0.2, -0.15) is 0 Å². The molecule has 0 heterocycles. The number of carbonyl (C=O) groups excluding carboxylic acids is 1. The van der Waals surface area contributed by atoms with Crippen molar-refractivity contribution in [3.8, 4) is 0 Å². The lowest BCUT2D eigenvalue weighted by molar-refractivity contribution is 0.251. The van der Waals surface area contributed by atoms with Crippen molar-refractivity contribution in [1.29, 1.82) is 0 Å². The minimum Gasteiger partial charge on any atom is -0.399 e. The standard InChI is InChI=1S/C14H14ClN3O/c15-11-2-1-3-13(8-11)18-14(19)17-9-10-4-6-12(16)7-5-10/h1-8H,9,16H2,(H2,17,18,19). The van der Waals surface area contributed by atoms with E-state index in [4.69, 9.17) is 17.3 Å². The van der Waals surface area contributed by atoms with Crippen LogP contribution in [0.4, 0.5) is 16.2 Å². The molecule has 19 heavy (non-hydrogen) atoms. The summed E-state index contributed by atoms with van der Waals surface area (Å²) in [6.45, 7) is 0.437. The first-order valence-electron chi connectivity index (χ1n) is 5.78. The number of hydrogen-bond acceptors (Lipinski definition) is 2. The summed E-state index contributed by atoms with van der Waals surface area (Å²) in [5.41, 5.74) is 7.92. The predicted octanol–water partition coefficient (Wildman–Crippen LogP) is 3.24. The third-order valence-electron chi connectivity index (χ3n) is 2.52. The Balaban J connectivity index is 1.86. The molecule has 0 spiro atoms. The van der Waals surface area contributed by atoms with E-state index in [1.54, 1.807) is 36.4 Å². The molecule has 0 aromatic heterocycles. The minimum atomic E-state index is -0.279. The van der Waals surface area contributed by atoms with E-state index in [1.165, 1.54) is 0 Å². The molecule has 0 saturated carbocycles. The van der Waals surface area contributed by atoms with Gasteiger partial charge in [0, 0.05) is 22.9 Å². The molecule has 98 valence electrons. The van der Waals surface area contributed by atoms with Crippen LogP contribution in [0.1, 0.15) is 5.56 Å². The topological polar surface area (TPSA) is 67.1 Å². The summed E-state index contributed by atoms with van der Waals surface area (Å²) < 4.78 is 0. The highest BCUT2D eigenvalue weighted by Gasteiger charge is 2.02. The van der Waals surface area contributed by atoms with Gasteiger partial charge in [0.25, 0.3) is 0 Å². The molecule has 0 aliphatic heterocycles. The number of benzene rings is 2. The van der Waals surface area contributed by atoms with Crippen LogP contribution in [0.15, 0.2) is 48.5 Å². The number of nitrogens with one attached hydrogen (secondary N) is 2. The second-order valence-corrected chi connectivity index (χ2v) is 4.50. The Morgan fingerprint density at radius 1 is 1.16 bits per heavy atom. The Kier molecular flexibility index (Phi) is 4.26. The van der Waals surface area contributed by atoms with E-state index in [0.29, 0.717) is 22.9 Å². The monoisotopic (exact) mass is 275 g/mol. The SMILES string of the molecule is Nc1ccc(CNC(=O)Nc2cccc(Cl)c2)cc1. The lowest BCUT2D eigenvalue weighted by Crippen LogP contribution is -2.28. The molecule has 4 nitrogen and oxygen atoms in total. The van der Waals surface area contributed by atoms with Crippen molar-refractivity contribution in [1.82, 2.24) is 5.32 Å². The Labute approximate surface area is 116 Å². The third-order valence-corrected chi connectivity index (χ3v) is 2.75. The third kappa shape index (κ3) is 4.19. The van der Waals surface area contributed by atoms with E-state index >= 15 is 0 Å². The maximum atomic E-state index is 11.7. The number of carbonyl (C=O) groups is 1. The predicted molar refractivity (Wildman–Crippen MR) is 78.2 cm³/mol. The van der Waals surface area contributed by atoms with Gasteiger partial charge in [-0.25, -0.2) is 4.79 Å². The Morgan fingerprint density at radius 3 is 2.58 bits per heavy atom. The van der Waals surface area contributed by atoms with Crippen LogP contribution in [-0.4, -0.2) is 6.03 Å². The van der Waals surface area contributed by atoms with Crippen molar-refractivity contribution in [2.45, 2.75) is 6.54 Å². The lowest BCUT2D eigenvalue weighted by atomic mass is 10.2. The molecule has 2 rings (SSSR count). The van der Waals surface area contributed by atoms with Gasteiger partial charge in [-0.05, 0) is 35.9 Å². The molecule has 0 unspecified atom stereocenters. The number of hydrogen-bond donors (Lipinski definition) is 3. The molecule has 0 aliphatic rings. The van der Waals surface area contributed by atoms with Crippen molar-refractivity contribution in [2.75, 3.05) is 11.1 Å². The fourth-order valence-corrected chi connectivity index (χ4v) is 1.75. The number of amides is 2. The summed E-state index contributed by atoms with van der Waals surface area (Å²) in [5, 5.41) is 6.04. The highest BCUT2D eigenvalue weighted by molar-refractivity contribution is 6.30. The molecule has 2 amide bonds. The fraction of sp³-hybridized carbons (Fsp3) is 0.0714. The zero-order valence-corrected chi connectivity index (χ0v) is 10.9. The van der Waals surface area contributed by atoms with Crippen LogP contribution < -0.4 is 16.4 Å². The van der Waals surface area contributed by atoms with E-state index in [2.05, 4.69) is 10.6 Å². The molecular weight excluding hydrogens is 262 g/mol. The second-order valence-electron chi connectivity index (χ2n) is 4.06. The van der Waals surface area contributed by atoms with Crippen molar-refractivity contribution < 1.29 is 4.79 Å². The number of halogens is 1. The van der Waals surface area contributed by atoms with E-state index in [9.17, 15) is 4.79 Å². The van der Waals surface area contributed by atoms with Crippen LogP contribution in [0.5, 0.6) is 0 Å². The molecule has 0 aliphatic carbocycles. The van der Waals surface area contributed by atoms with E-state index in [0.717, 1.165) is 5.56 Å². The summed E-state index contributed by atoms with van der Waals surface area (Å²) in [7, 11) is 0. The van der Waals surface area contributed by atoms with Crippen LogP contribution in [0.2, 0.25) is 5.02 Å². The van der Waals surface area contributed by atoms with Gasteiger partial charge in [0.2, 0.25) is 0 Å². The summed E-state index contributed by atoms with van der Waals surface area (Å²) in [5.74, 6) is 0. The maximum absolute atomic E-state index is 11.7. The van der Waals surface area contributed by atoms with Gasteiger partial charge in [0.1, 0.15) is 0 Å². The average Bonchev–Trinajstić information content (AvgIpc) is 2.38. The number of nitrogen functional groups attached to an aromatic ring is 1. The molecule has 0 radical (unpaired) electrons. The van der Waals surface area contributed by atoms with Crippen molar-refractivity contribution in [2.24, 2.45) is 0 Å². The average molecular weight is 276 g/mol. The summed E-state index contributed by atoms with van der Waals surface area (Å²) in [4.78, 5) is 11.7. The smallest absolute Gasteiger partial charge is 0.319 e. The first kappa shape index (κ1) is 13.2. The van der Waals surface area contributed by atoms with Crippen molar-refractivity contribution >= 4 is 29.0 Å². The fourth-order valence-electron chi connectivity index (χ4n) is 1.56. The van der Waals surface area contributed by atoms with Gasteiger partial charge in [0.05, 0.1) is 0 Å². The minimum absolute atomic E-state index is 0.279. The van der Waals surface area contributed by atoms with Gasteiger partial charge >= 0.3 is 6.03 Å². The van der Waals surface area contributed by atoms with Crippen LogP contribution in [0, 0.1) is 0 Å². The van der Waals surface area contributed by atoms with E-state index in [-0.39, 0.29) is 6.03 Å². The van der Waals surface area contributed by atoms with E-state index in [1.807, 2.05) is 12.1 Å². The number of urea groups is 1. The molecule has 0 saturated heterocycles. The first-order chi connectivity index (χ1) is 9.13. The molecule has 0 atom stereocenters. The molecular formula is C14H14ClN3O. The molecule has 0 bridgehead atoms. The highest BCUT2D eigenvalue weighted by Crippen LogP contribution is 2.14. The van der Waals surface area contributed by atoms with Crippen LogP contribution >= 0.6 is 11.6 Å². The zero-order chi connectivity index (χ0) is 13.7. The van der Waals surface area contributed by atoms with Gasteiger partial charge in [0.15, 0.2) is 0 Å². The number of nitrogens with two attached hydrogens (primary N) is 1. The Bertz CT molecular complexity index is 569. The molecule has 5 heteroatoms. The van der Waals surface area contributed by atoms with Crippen molar-refractivity contribution in [3.05, 3.63) is 59.1 Å². The normalized spacial score (nSPS) is 9.95. The highest BCUT2D eigenvalue weighted by atomic mass is 35.5. The number of anilines is 2. The zero-order valence-electron chi connectivity index (χ0n) is 10.2. The summed E-state index contributed by atoms with van der Waals surface area (Å²) >= 11 is 5.83. The molecule has 4 N–H and O–H groups in total. The van der Waals surface area contributed by atoms with Crippen LogP contribution in [0.25, 0.3) is 0 Å². The van der Waals surface area contributed by atoms with Crippen LogP contribution in [-0.2, 0) is 6.54 Å². The van der Waals surface area contributed by atoms with Crippen molar-refractivity contribution in [3.63, 3.8) is 0 Å². The first-order valence-corrected chi connectivity index (χ1v) is 6.16. The van der Waals surface area contributed by atoms with Gasteiger partial charge in [-0.15, -0.1) is 0 Å². The quantitative estimate of drug-likeness (QED) is 0.753. The summed E-state index contributed by atoms with van der Waals surface area (Å²) in [6.07, 6.45) is 0.